The Hall–Kier alpha value is -2.81. The number of nitrogens with zero attached hydrogens (tertiary/aromatic N) is 1. The summed E-state index contributed by atoms with van der Waals surface area (Å²) in [6.45, 7) is 2.35. The molecule has 0 saturated carbocycles. The molecule has 0 bridgehead atoms. The zero-order chi connectivity index (χ0) is 19.5. The van der Waals surface area contributed by atoms with Crippen molar-refractivity contribution in [2.45, 2.75) is 58.0 Å². The minimum atomic E-state index is -0.827. The Bertz CT molecular complexity index is 836. The largest absolute Gasteiger partial charge is 0.493 e. The van der Waals surface area contributed by atoms with Gasteiger partial charge < -0.3 is 13.9 Å². The van der Waals surface area contributed by atoms with Crippen LogP contribution in [0.25, 0.3) is 11.0 Å². The maximum absolute atomic E-state index is 11.8. The Morgan fingerprint density at radius 1 is 1.19 bits per heavy atom. The fourth-order valence-corrected chi connectivity index (χ4v) is 2.65. The van der Waals surface area contributed by atoms with Gasteiger partial charge in [0.05, 0.1) is 6.61 Å². The van der Waals surface area contributed by atoms with E-state index < -0.39 is 11.7 Å². The standard InChI is InChI=1S/C21H25NO5/c1-2-3-4-5-6-7-20(23)26-18(15-22)12-13-25-17-10-8-16-9-11-21(24)27-19(16)14-17/h8-11,14,18H,2-7,12-13H2,1H3. The van der Waals surface area contributed by atoms with Crippen LogP contribution < -0.4 is 10.4 Å². The molecule has 1 aromatic heterocycles. The van der Waals surface area contributed by atoms with E-state index >= 15 is 0 Å². The highest BCUT2D eigenvalue weighted by molar-refractivity contribution is 5.77. The predicted molar refractivity (Wildman–Crippen MR) is 101 cm³/mol. The van der Waals surface area contributed by atoms with Crippen LogP contribution in [0.5, 0.6) is 5.75 Å². The molecule has 1 aromatic carbocycles. The van der Waals surface area contributed by atoms with Crippen LogP contribution in [0.3, 0.4) is 0 Å². The van der Waals surface area contributed by atoms with Crippen LogP contribution in [0.1, 0.15) is 51.9 Å². The maximum Gasteiger partial charge on any atom is 0.336 e. The van der Waals surface area contributed by atoms with E-state index in [0.29, 0.717) is 17.8 Å². The van der Waals surface area contributed by atoms with Crippen LogP contribution >= 0.6 is 0 Å². The van der Waals surface area contributed by atoms with E-state index in [1.165, 1.54) is 12.5 Å². The lowest BCUT2D eigenvalue weighted by molar-refractivity contribution is -0.147. The molecule has 0 aliphatic carbocycles. The molecule has 0 fully saturated rings. The summed E-state index contributed by atoms with van der Waals surface area (Å²) in [5, 5.41) is 9.95. The van der Waals surface area contributed by atoms with Gasteiger partial charge in [-0.3, -0.25) is 4.79 Å². The number of rotatable bonds is 11. The van der Waals surface area contributed by atoms with Gasteiger partial charge in [-0.1, -0.05) is 32.6 Å². The van der Waals surface area contributed by atoms with E-state index in [9.17, 15) is 9.59 Å². The molecule has 1 heterocycles. The van der Waals surface area contributed by atoms with Crippen molar-refractivity contribution in [1.29, 1.82) is 5.26 Å². The molecule has 1 atom stereocenters. The molecule has 144 valence electrons. The van der Waals surface area contributed by atoms with E-state index in [1.54, 1.807) is 24.3 Å². The summed E-state index contributed by atoms with van der Waals surface area (Å²) in [6.07, 6.45) is 5.02. The number of benzene rings is 1. The van der Waals surface area contributed by atoms with Crippen LogP contribution in [-0.4, -0.2) is 18.7 Å². The van der Waals surface area contributed by atoms with Gasteiger partial charge in [-0.15, -0.1) is 0 Å². The summed E-state index contributed by atoms with van der Waals surface area (Å²) in [6, 6.07) is 10.2. The molecule has 2 rings (SSSR count). The second-order valence-corrected chi connectivity index (χ2v) is 6.36. The second kappa shape index (κ2) is 11.0. The van der Waals surface area contributed by atoms with Gasteiger partial charge in [0.15, 0.2) is 6.10 Å². The highest BCUT2D eigenvalue weighted by Crippen LogP contribution is 2.19. The third kappa shape index (κ3) is 7.14. The van der Waals surface area contributed by atoms with E-state index in [4.69, 9.17) is 19.2 Å². The van der Waals surface area contributed by atoms with Crippen molar-refractivity contribution in [3.8, 4) is 11.8 Å². The lowest BCUT2D eigenvalue weighted by Crippen LogP contribution is -2.19. The molecule has 6 nitrogen and oxygen atoms in total. The number of carbonyl (C=O) groups excluding carboxylic acids is 1. The lowest BCUT2D eigenvalue weighted by Gasteiger charge is -2.12. The number of unbranched alkanes of at least 4 members (excludes halogenated alkanes) is 4. The van der Waals surface area contributed by atoms with Gasteiger partial charge in [0.25, 0.3) is 0 Å². The molecular formula is C21H25NO5. The first-order valence-corrected chi connectivity index (χ1v) is 9.38. The third-order valence-corrected chi connectivity index (χ3v) is 4.15. The highest BCUT2D eigenvalue weighted by Gasteiger charge is 2.14. The number of hydrogen-bond donors (Lipinski definition) is 0. The van der Waals surface area contributed by atoms with Gasteiger partial charge >= 0.3 is 11.6 Å². The topological polar surface area (TPSA) is 89.5 Å². The van der Waals surface area contributed by atoms with Crippen molar-refractivity contribution in [2.75, 3.05) is 6.61 Å². The molecule has 0 spiro atoms. The summed E-state index contributed by atoms with van der Waals surface area (Å²) in [5.74, 6) is 0.182. The fraction of sp³-hybridized carbons (Fsp3) is 0.476. The SMILES string of the molecule is CCCCCCCC(=O)OC(C#N)CCOc1ccc2ccc(=O)oc2c1. The molecule has 0 N–H and O–H groups in total. The maximum atomic E-state index is 11.8. The number of fused-ring (bicyclic) bond motifs is 1. The molecule has 6 heteroatoms. The smallest absolute Gasteiger partial charge is 0.336 e. The Labute approximate surface area is 158 Å². The fourth-order valence-electron chi connectivity index (χ4n) is 2.65. The Morgan fingerprint density at radius 3 is 2.74 bits per heavy atom. The van der Waals surface area contributed by atoms with Crippen molar-refractivity contribution < 1.29 is 18.7 Å². The molecule has 0 radical (unpaired) electrons. The molecular weight excluding hydrogens is 346 g/mol. The molecule has 2 aromatic rings. The van der Waals surface area contributed by atoms with E-state index in [-0.39, 0.29) is 19.0 Å². The van der Waals surface area contributed by atoms with Gasteiger partial charge in [0.1, 0.15) is 17.4 Å². The van der Waals surface area contributed by atoms with Gasteiger partial charge in [0.2, 0.25) is 0 Å². The van der Waals surface area contributed by atoms with Gasteiger partial charge in [-0.2, -0.15) is 5.26 Å². The Morgan fingerprint density at radius 2 is 1.96 bits per heavy atom. The van der Waals surface area contributed by atoms with Crippen molar-refractivity contribution in [2.24, 2.45) is 0 Å². The minimum Gasteiger partial charge on any atom is -0.493 e. The second-order valence-electron chi connectivity index (χ2n) is 6.36. The summed E-state index contributed by atoms with van der Waals surface area (Å²) in [5.41, 5.74) is 0.0112. The summed E-state index contributed by atoms with van der Waals surface area (Å²) < 4.78 is 15.9. The van der Waals surface area contributed by atoms with Crippen LogP contribution in [0.4, 0.5) is 0 Å². The number of carbonyl (C=O) groups is 1. The highest BCUT2D eigenvalue weighted by atomic mass is 16.5. The monoisotopic (exact) mass is 371 g/mol. The van der Waals surface area contributed by atoms with Crippen LogP contribution in [-0.2, 0) is 9.53 Å². The first-order valence-electron chi connectivity index (χ1n) is 9.38. The molecule has 1 unspecified atom stereocenters. The zero-order valence-electron chi connectivity index (χ0n) is 15.6. The molecule has 27 heavy (non-hydrogen) atoms. The van der Waals surface area contributed by atoms with Gasteiger partial charge in [-0.05, 0) is 24.6 Å². The molecule has 0 amide bonds. The normalized spacial score (nSPS) is 11.7. The van der Waals surface area contributed by atoms with Crippen LogP contribution in [0, 0.1) is 11.3 Å². The summed E-state index contributed by atoms with van der Waals surface area (Å²) >= 11 is 0. The average molecular weight is 371 g/mol. The minimum absolute atomic E-state index is 0.213. The number of ether oxygens (including phenoxy) is 2. The Kier molecular flexibility index (Phi) is 8.37. The molecule has 0 aliphatic rings. The summed E-state index contributed by atoms with van der Waals surface area (Å²) in [7, 11) is 0. The Balaban J connectivity index is 1.75. The first kappa shape index (κ1) is 20.5. The quantitative estimate of drug-likeness (QED) is 0.331. The van der Waals surface area contributed by atoms with Crippen molar-refractivity contribution in [1.82, 2.24) is 0 Å². The molecule has 0 saturated heterocycles. The van der Waals surface area contributed by atoms with E-state index in [2.05, 4.69) is 6.92 Å². The molecule has 0 aliphatic heterocycles. The summed E-state index contributed by atoms with van der Waals surface area (Å²) in [4.78, 5) is 23.1. The lowest BCUT2D eigenvalue weighted by atomic mass is 10.1. The van der Waals surface area contributed by atoms with E-state index in [0.717, 1.165) is 31.1 Å². The third-order valence-electron chi connectivity index (χ3n) is 4.15. The van der Waals surface area contributed by atoms with Crippen LogP contribution in [0.15, 0.2) is 39.5 Å². The van der Waals surface area contributed by atoms with Crippen molar-refractivity contribution >= 4 is 16.9 Å². The number of nitriles is 1. The first-order chi connectivity index (χ1) is 13.1. The number of hydrogen-bond acceptors (Lipinski definition) is 6. The average Bonchev–Trinajstić information content (AvgIpc) is 2.66. The number of esters is 1. The zero-order valence-corrected chi connectivity index (χ0v) is 15.6. The van der Waals surface area contributed by atoms with Gasteiger partial charge in [0, 0.05) is 30.4 Å². The predicted octanol–water partition coefficient (Wildman–Crippen LogP) is 4.36. The van der Waals surface area contributed by atoms with E-state index in [1.807, 2.05) is 6.07 Å². The van der Waals surface area contributed by atoms with Gasteiger partial charge in [-0.25, -0.2) is 4.79 Å². The van der Waals surface area contributed by atoms with Crippen LogP contribution in [0.2, 0.25) is 0 Å². The van der Waals surface area contributed by atoms with Crippen molar-refractivity contribution in [3.63, 3.8) is 0 Å². The van der Waals surface area contributed by atoms with Crippen molar-refractivity contribution in [3.05, 3.63) is 40.8 Å².